The number of ether oxygens (including phenoxy) is 7. The highest BCUT2D eigenvalue weighted by Crippen LogP contribution is 2.41. The molecule has 3 aliphatic heterocycles. The Balaban J connectivity index is 1.28. The number of carbonyl (C=O) groups is 1. The Kier molecular flexibility index (Phi) is 5.64. The Morgan fingerprint density at radius 1 is 0.710 bits per heavy atom. The quantitative estimate of drug-likeness (QED) is 0.633. The van der Waals surface area contributed by atoms with Crippen LogP contribution in [0.3, 0.4) is 0 Å². The molecule has 0 spiro atoms. The fraction of sp³-hybridized carbons (Fsp3) is 0.435. The van der Waals surface area contributed by atoms with Crippen molar-refractivity contribution in [2.75, 3.05) is 14.2 Å². The lowest BCUT2D eigenvalue weighted by Crippen LogP contribution is -2.74. The van der Waals surface area contributed by atoms with Crippen LogP contribution in [0.25, 0.3) is 0 Å². The highest BCUT2D eigenvalue weighted by Gasteiger charge is 2.62. The second-order valence-corrected chi connectivity index (χ2v) is 7.65. The number of benzene rings is 2. The van der Waals surface area contributed by atoms with E-state index in [2.05, 4.69) is 0 Å². The first-order valence-electron chi connectivity index (χ1n) is 10.2. The zero-order valence-electron chi connectivity index (χ0n) is 17.3. The van der Waals surface area contributed by atoms with E-state index in [4.69, 9.17) is 33.2 Å². The number of hydrogen-bond acceptors (Lipinski definition) is 8. The number of ketones is 1. The molecule has 1 saturated carbocycles. The smallest absolute Gasteiger partial charge is 0.273 e. The molecule has 8 heteroatoms. The van der Waals surface area contributed by atoms with Gasteiger partial charge in [0.15, 0.2) is 18.0 Å². The average Bonchev–Trinajstić information content (AvgIpc) is 2.81. The molecule has 2 aromatic carbocycles. The number of carbonyl (C=O) groups excluding carboxylic acids is 1. The zero-order chi connectivity index (χ0) is 21.4. The van der Waals surface area contributed by atoms with Gasteiger partial charge in [-0.1, -0.05) is 24.3 Å². The summed E-state index contributed by atoms with van der Waals surface area (Å²) in [6.07, 6.45) is -3.06. The fourth-order valence-corrected chi connectivity index (χ4v) is 4.12. The van der Waals surface area contributed by atoms with E-state index < -0.39 is 37.0 Å². The second kappa shape index (κ2) is 8.57. The van der Waals surface area contributed by atoms with Gasteiger partial charge in [-0.05, 0) is 35.4 Å². The molecule has 2 unspecified atom stereocenters. The third kappa shape index (κ3) is 3.93. The Morgan fingerprint density at radius 3 is 1.58 bits per heavy atom. The summed E-state index contributed by atoms with van der Waals surface area (Å²) >= 11 is 0. The summed E-state index contributed by atoms with van der Waals surface area (Å²) in [5.74, 6) is 1.36. The van der Waals surface area contributed by atoms with Crippen LogP contribution in [0.1, 0.15) is 11.1 Å². The molecule has 3 heterocycles. The normalized spacial score (nSPS) is 31.1. The molecule has 4 fully saturated rings. The lowest BCUT2D eigenvalue weighted by molar-refractivity contribution is -0.446. The largest absolute Gasteiger partial charge is 0.497 e. The van der Waals surface area contributed by atoms with Crippen molar-refractivity contribution >= 4 is 5.78 Å². The van der Waals surface area contributed by atoms with Crippen LogP contribution < -0.4 is 9.47 Å². The Morgan fingerprint density at radius 2 is 1.16 bits per heavy atom. The maximum atomic E-state index is 12.9. The van der Waals surface area contributed by atoms with E-state index in [0.717, 1.165) is 22.6 Å². The second-order valence-electron chi connectivity index (χ2n) is 7.65. The van der Waals surface area contributed by atoms with Crippen LogP contribution in [0.15, 0.2) is 48.5 Å². The topological polar surface area (TPSA) is 81.7 Å². The first-order chi connectivity index (χ1) is 15.2. The molecule has 3 saturated heterocycles. The van der Waals surface area contributed by atoms with Crippen LogP contribution >= 0.6 is 0 Å². The van der Waals surface area contributed by atoms with Gasteiger partial charge < -0.3 is 33.2 Å². The summed E-state index contributed by atoms with van der Waals surface area (Å²) in [5, 5.41) is 0. The molecule has 0 aromatic heterocycles. The van der Waals surface area contributed by atoms with Crippen molar-refractivity contribution in [2.45, 2.75) is 50.2 Å². The standard InChI is InChI=1S/C23H24O8/c1-25-15-7-3-13(4-8-15)11-27-20-18-17(24)19-21(22(20)31-23(29-18)30-19)28-12-14-5-9-16(26-2)10-6-14/h3-10,18-23H,11-12H2,1-2H3/t18-,19+,20+,21-,22?,23?. The molecule has 0 N–H and O–H groups in total. The third-order valence-corrected chi connectivity index (χ3v) is 5.79. The molecule has 6 rings (SSSR count). The lowest BCUT2D eigenvalue weighted by Gasteiger charge is -2.54. The van der Waals surface area contributed by atoms with Gasteiger partial charge in [-0.2, -0.15) is 0 Å². The molecular formula is C23H24O8. The minimum absolute atomic E-state index is 0.171. The van der Waals surface area contributed by atoms with E-state index in [0.29, 0.717) is 13.2 Å². The van der Waals surface area contributed by atoms with Crippen LogP contribution in [-0.4, -0.2) is 57.0 Å². The van der Waals surface area contributed by atoms with Crippen LogP contribution in [0.4, 0.5) is 0 Å². The summed E-state index contributed by atoms with van der Waals surface area (Å²) < 4.78 is 39.6. The van der Waals surface area contributed by atoms with E-state index in [1.54, 1.807) is 14.2 Å². The van der Waals surface area contributed by atoms with Crippen molar-refractivity contribution in [2.24, 2.45) is 0 Å². The molecule has 0 radical (unpaired) electrons. The molecule has 31 heavy (non-hydrogen) atoms. The van der Waals surface area contributed by atoms with Crippen molar-refractivity contribution in [3.05, 3.63) is 59.7 Å². The van der Waals surface area contributed by atoms with Gasteiger partial charge in [-0.15, -0.1) is 0 Å². The van der Waals surface area contributed by atoms with Gasteiger partial charge in [0, 0.05) is 0 Å². The van der Waals surface area contributed by atoms with Crippen molar-refractivity contribution in [1.82, 2.24) is 0 Å². The van der Waals surface area contributed by atoms with Crippen molar-refractivity contribution in [3.63, 3.8) is 0 Å². The summed E-state index contributed by atoms with van der Waals surface area (Å²) in [6.45, 7) is -0.245. The molecule has 2 aromatic rings. The van der Waals surface area contributed by atoms with Gasteiger partial charge >= 0.3 is 0 Å². The van der Waals surface area contributed by atoms with Crippen LogP contribution in [0, 0.1) is 0 Å². The monoisotopic (exact) mass is 428 g/mol. The Labute approximate surface area is 179 Å². The van der Waals surface area contributed by atoms with E-state index in [-0.39, 0.29) is 5.78 Å². The molecular weight excluding hydrogens is 404 g/mol. The van der Waals surface area contributed by atoms with Crippen molar-refractivity contribution < 1.29 is 38.0 Å². The summed E-state index contributed by atoms with van der Waals surface area (Å²) in [4.78, 5) is 12.9. The number of rotatable bonds is 8. The molecule has 8 nitrogen and oxygen atoms in total. The average molecular weight is 428 g/mol. The van der Waals surface area contributed by atoms with E-state index in [1.165, 1.54) is 0 Å². The molecule has 4 bridgehead atoms. The van der Waals surface area contributed by atoms with E-state index in [9.17, 15) is 4.79 Å². The molecule has 1 aliphatic carbocycles. The van der Waals surface area contributed by atoms with Crippen LogP contribution in [0.5, 0.6) is 11.5 Å². The van der Waals surface area contributed by atoms with Gasteiger partial charge in [0.1, 0.15) is 29.8 Å². The van der Waals surface area contributed by atoms with Gasteiger partial charge in [0.2, 0.25) is 0 Å². The van der Waals surface area contributed by atoms with Crippen molar-refractivity contribution in [3.8, 4) is 11.5 Å². The molecule has 164 valence electrons. The molecule has 4 aliphatic rings. The van der Waals surface area contributed by atoms with Crippen LogP contribution in [0.2, 0.25) is 0 Å². The van der Waals surface area contributed by atoms with Gasteiger partial charge in [0.05, 0.1) is 27.4 Å². The summed E-state index contributed by atoms with van der Waals surface area (Å²) in [5.41, 5.74) is 1.91. The SMILES string of the molecule is COc1ccc(CO[C@@H]2C3OC4O[C@@H]2C(=O)[C@H](O4)[C@H]3OCc2ccc(OC)cc2)cc1. The Hall–Kier alpha value is -2.49. The lowest BCUT2D eigenvalue weighted by atomic mass is 9.83. The first kappa shape index (κ1) is 20.4. The fourth-order valence-electron chi connectivity index (χ4n) is 4.12. The zero-order valence-corrected chi connectivity index (χ0v) is 17.3. The maximum absolute atomic E-state index is 12.9. The molecule has 6 atom stereocenters. The predicted molar refractivity (Wildman–Crippen MR) is 107 cm³/mol. The Bertz CT molecular complexity index is 841. The minimum atomic E-state index is -0.862. The maximum Gasteiger partial charge on any atom is 0.273 e. The van der Waals surface area contributed by atoms with E-state index in [1.807, 2.05) is 48.5 Å². The van der Waals surface area contributed by atoms with Gasteiger partial charge in [-0.3, -0.25) is 4.79 Å². The number of methoxy groups -OCH3 is 2. The van der Waals surface area contributed by atoms with E-state index >= 15 is 0 Å². The third-order valence-electron chi connectivity index (χ3n) is 5.79. The number of Topliss-reactive ketones (excluding diaryl/α,β-unsaturated/α-hetero) is 1. The first-order valence-corrected chi connectivity index (χ1v) is 10.2. The van der Waals surface area contributed by atoms with Crippen molar-refractivity contribution in [1.29, 1.82) is 0 Å². The van der Waals surface area contributed by atoms with Gasteiger partial charge in [-0.25, -0.2) is 0 Å². The predicted octanol–water partition coefficient (Wildman–Crippen LogP) is 2.22. The highest BCUT2D eigenvalue weighted by molar-refractivity contribution is 5.90. The minimum Gasteiger partial charge on any atom is -0.497 e. The highest BCUT2D eigenvalue weighted by atomic mass is 16.9. The number of hydrogen-bond donors (Lipinski definition) is 0. The summed E-state index contributed by atoms with van der Waals surface area (Å²) in [7, 11) is 3.24. The van der Waals surface area contributed by atoms with Gasteiger partial charge in [0.25, 0.3) is 6.48 Å². The summed E-state index contributed by atoms with van der Waals surface area (Å²) in [6, 6.07) is 15.1. The molecule has 0 amide bonds. The van der Waals surface area contributed by atoms with Crippen LogP contribution in [-0.2, 0) is 41.7 Å².